The van der Waals surface area contributed by atoms with E-state index in [1.807, 2.05) is 0 Å². The molecule has 1 aromatic heterocycles. The lowest BCUT2D eigenvalue weighted by Gasteiger charge is -1.97. The molecule has 1 aromatic carbocycles. The molecule has 0 atom stereocenters. The van der Waals surface area contributed by atoms with Crippen LogP contribution in [-0.2, 0) is 13.0 Å². The van der Waals surface area contributed by atoms with Crippen molar-refractivity contribution in [3.05, 3.63) is 40.4 Å². The molecule has 0 radical (unpaired) electrons. The lowest BCUT2D eigenvalue weighted by molar-refractivity contribution is 0.584. The van der Waals surface area contributed by atoms with E-state index in [0.29, 0.717) is 17.1 Å². The van der Waals surface area contributed by atoms with E-state index in [9.17, 15) is 8.78 Å². The van der Waals surface area contributed by atoms with Gasteiger partial charge >= 0.3 is 0 Å². The number of aryl methyl sites for hydroxylation is 1. The first-order valence-electron chi connectivity index (χ1n) is 5.79. The zero-order valence-corrected chi connectivity index (χ0v) is 10.9. The highest BCUT2D eigenvalue weighted by Crippen LogP contribution is 2.29. The van der Waals surface area contributed by atoms with Crippen molar-refractivity contribution in [2.24, 2.45) is 5.73 Å². The number of aromatic nitrogens is 1. The fourth-order valence-corrected chi connectivity index (χ4v) is 2.75. The third-order valence-corrected chi connectivity index (χ3v) is 3.73. The van der Waals surface area contributed by atoms with Crippen LogP contribution in [-0.4, -0.2) is 4.98 Å². The molecule has 0 saturated heterocycles. The zero-order chi connectivity index (χ0) is 13.1. The molecule has 0 unspecified atom stereocenters. The predicted molar refractivity (Wildman–Crippen MR) is 69.4 cm³/mol. The summed E-state index contributed by atoms with van der Waals surface area (Å²) >= 11 is 1.40. The van der Waals surface area contributed by atoms with E-state index in [1.165, 1.54) is 23.5 Å². The topological polar surface area (TPSA) is 38.9 Å². The molecule has 2 N–H and O–H groups in total. The van der Waals surface area contributed by atoms with Gasteiger partial charge in [0, 0.05) is 23.1 Å². The van der Waals surface area contributed by atoms with Gasteiger partial charge in [0.25, 0.3) is 0 Å². The Hall–Kier alpha value is -1.33. The largest absolute Gasteiger partial charge is 0.326 e. The second kappa shape index (κ2) is 5.54. The number of rotatable bonds is 4. The second-order valence-electron chi connectivity index (χ2n) is 4.00. The van der Waals surface area contributed by atoms with Gasteiger partial charge < -0.3 is 5.73 Å². The lowest BCUT2D eigenvalue weighted by Crippen LogP contribution is -1.97. The molecule has 0 fully saturated rings. The maximum atomic E-state index is 13.2. The Morgan fingerprint density at radius 2 is 1.89 bits per heavy atom. The molecule has 2 aromatic rings. The molecule has 5 heteroatoms. The molecule has 0 bridgehead atoms. The third kappa shape index (κ3) is 2.73. The summed E-state index contributed by atoms with van der Waals surface area (Å²) in [6.45, 7) is 2.46. The Labute approximate surface area is 108 Å². The van der Waals surface area contributed by atoms with E-state index in [0.717, 1.165) is 29.5 Å². The summed E-state index contributed by atoms with van der Waals surface area (Å²) in [6, 6.07) is 3.43. The van der Waals surface area contributed by atoms with Crippen molar-refractivity contribution in [1.82, 2.24) is 4.98 Å². The minimum atomic E-state index is -0.591. The lowest BCUT2D eigenvalue weighted by atomic mass is 10.2. The molecule has 18 heavy (non-hydrogen) atoms. The van der Waals surface area contributed by atoms with E-state index in [-0.39, 0.29) is 0 Å². The van der Waals surface area contributed by atoms with Gasteiger partial charge in [-0.1, -0.05) is 13.3 Å². The second-order valence-corrected chi connectivity index (χ2v) is 5.08. The van der Waals surface area contributed by atoms with Crippen LogP contribution in [0.2, 0.25) is 0 Å². The standard InChI is InChI=1S/C13H14F2N2S/c1-2-3-11-12(7-16)18-13(17-11)8-4-9(14)6-10(15)5-8/h4-6H,2-3,7,16H2,1H3. The van der Waals surface area contributed by atoms with Gasteiger partial charge in [-0.25, -0.2) is 13.8 Å². The third-order valence-electron chi connectivity index (χ3n) is 2.56. The quantitative estimate of drug-likeness (QED) is 0.921. The van der Waals surface area contributed by atoms with E-state index < -0.39 is 11.6 Å². The first-order chi connectivity index (χ1) is 8.63. The maximum Gasteiger partial charge on any atom is 0.126 e. The molecule has 2 rings (SSSR count). The smallest absolute Gasteiger partial charge is 0.126 e. The number of benzene rings is 1. The molecule has 0 saturated carbocycles. The molecule has 0 aliphatic heterocycles. The van der Waals surface area contributed by atoms with Crippen LogP contribution in [0, 0.1) is 11.6 Å². The number of hydrogen-bond donors (Lipinski definition) is 1. The van der Waals surface area contributed by atoms with Crippen molar-refractivity contribution in [2.45, 2.75) is 26.3 Å². The highest BCUT2D eigenvalue weighted by atomic mass is 32.1. The van der Waals surface area contributed by atoms with Gasteiger partial charge in [-0.05, 0) is 18.6 Å². The van der Waals surface area contributed by atoms with Crippen LogP contribution >= 0.6 is 11.3 Å². The summed E-state index contributed by atoms with van der Waals surface area (Å²) in [5, 5.41) is 0.623. The Bertz CT molecular complexity index is 532. The van der Waals surface area contributed by atoms with Crippen molar-refractivity contribution >= 4 is 11.3 Å². The summed E-state index contributed by atoms with van der Waals surface area (Å²) in [5.41, 5.74) is 7.06. The van der Waals surface area contributed by atoms with Crippen LogP contribution in [0.4, 0.5) is 8.78 Å². The summed E-state index contributed by atoms with van der Waals surface area (Å²) < 4.78 is 26.3. The fourth-order valence-electron chi connectivity index (χ4n) is 1.78. The number of nitrogens with zero attached hydrogens (tertiary/aromatic N) is 1. The number of thiazole rings is 1. The first-order valence-corrected chi connectivity index (χ1v) is 6.60. The van der Waals surface area contributed by atoms with Crippen LogP contribution in [0.15, 0.2) is 18.2 Å². The van der Waals surface area contributed by atoms with Crippen LogP contribution < -0.4 is 5.73 Å². The van der Waals surface area contributed by atoms with Crippen LogP contribution in [0.25, 0.3) is 10.6 Å². The van der Waals surface area contributed by atoms with Gasteiger partial charge in [0.05, 0.1) is 5.69 Å². The summed E-state index contributed by atoms with van der Waals surface area (Å²) in [7, 11) is 0. The van der Waals surface area contributed by atoms with Crippen molar-refractivity contribution in [3.63, 3.8) is 0 Å². The number of halogens is 2. The van der Waals surface area contributed by atoms with Crippen molar-refractivity contribution in [2.75, 3.05) is 0 Å². The molecule has 0 aliphatic rings. The highest BCUT2D eigenvalue weighted by molar-refractivity contribution is 7.15. The molecule has 2 nitrogen and oxygen atoms in total. The van der Waals surface area contributed by atoms with Crippen molar-refractivity contribution in [3.8, 4) is 10.6 Å². The summed E-state index contributed by atoms with van der Waals surface area (Å²) in [5.74, 6) is -1.18. The zero-order valence-electron chi connectivity index (χ0n) is 10.0. The Morgan fingerprint density at radius 1 is 1.22 bits per heavy atom. The average Bonchev–Trinajstić information content (AvgIpc) is 2.71. The van der Waals surface area contributed by atoms with Crippen LogP contribution in [0.3, 0.4) is 0 Å². The van der Waals surface area contributed by atoms with E-state index in [2.05, 4.69) is 11.9 Å². The molecular formula is C13H14F2N2S. The van der Waals surface area contributed by atoms with E-state index >= 15 is 0 Å². The normalized spacial score (nSPS) is 10.9. The fraction of sp³-hybridized carbons (Fsp3) is 0.308. The molecule has 0 spiro atoms. The minimum absolute atomic E-state index is 0.408. The Balaban J connectivity index is 2.43. The number of hydrogen-bond acceptors (Lipinski definition) is 3. The monoisotopic (exact) mass is 268 g/mol. The molecule has 96 valence electrons. The van der Waals surface area contributed by atoms with Gasteiger partial charge in [-0.2, -0.15) is 0 Å². The minimum Gasteiger partial charge on any atom is -0.326 e. The highest BCUT2D eigenvalue weighted by Gasteiger charge is 2.12. The summed E-state index contributed by atoms with van der Waals surface area (Å²) in [4.78, 5) is 5.41. The van der Waals surface area contributed by atoms with Crippen molar-refractivity contribution in [1.29, 1.82) is 0 Å². The van der Waals surface area contributed by atoms with Gasteiger partial charge in [-0.3, -0.25) is 0 Å². The van der Waals surface area contributed by atoms with Gasteiger partial charge in [0.2, 0.25) is 0 Å². The SMILES string of the molecule is CCCc1nc(-c2cc(F)cc(F)c2)sc1CN. The van der Waals surface area contributed by atoms with Crippen molar-refractivity contribution < 1.29 is 8.78 Å². The van der Waals surface area contributed by atoms with Gasteiger partial charge in [-0.15, -0.1) is 11.3 Å². The van der Waals surface area contributed by atoms with E-state index in [4.69, 9.17) is 5.73 Å². The van der Waals surface area contributed by atoms with Gasteiger partial charge in [0.15, 0.2) is 0 Å². The molecule has 0 amide bonds. The predicted octanol–water partition coefficient (Wildman–Crippen LogP) is 3.50. The van der Waals surface area contributed by atoms with Crippen LogP contribution in [0.5, 0.6) is 0 Å². The van der Waals surface area contributed by atoms with Crippen LogP contribution in [0.1, 0.15) is 23.9 Å². The van der Waals surface area contributed by atoms with Gasteiger partial charge in [0.1, 0.15) is 16.6 Å². The Kier molecular flexibility index (Phi) is 4.04. The average molecular weight is 268 g/mol. The molecular weight excluding hydrogens is 254 g/mol. The summed E-state index contributed by atoms with van der Waals surface area (Å²) in [6.07, 6.45) is 1.80. The molecule has 0 aliphatic carbocycles. The number of nitrogens with two attached hydrogens (primary N) is 1. The Morgan fingerprint density at radius 3 is 2.44 bits per heavy atom. The maximum absolute atomic E-state index is 13.2. The molecule has 1 heterocycles. The first kappa shape index (κ1) is 13.1. The van der Waals surface area contributed by atoms with E-state index in [1.54, 1.807) is 0 Å².